The highest BCUT2D eigenvalue weighted by Crippen LogP contribution is 2.21. The van der Waals surface area contributed by atoms with Crippen molar-refractivity contribution in [2.24, 2.45) is 0 Å². The van der Waals surface area contributed by atoms with E-state index in [0.717, 1.165) is 6.42 Å². The number of hydrogen-bond acceptors (Lipinski definition) is 6. The van der Waals surface area contributed by atoms with Crippen LogP contribution in [-0.4, -0.2) is 93.7 Å². The Morgan fingerprint density at radius 3 is 2.33 bits per heavy atom. The summed E-state index contributed by atoms with van der Waals surface area (Å²) in [6.45, 7) is 3.91. The largest absolute Gasteiger partial charge is 0.339 e. The predicted molar refractivity (Wildman–Crippen MR) is 116 cm³/mol. The maximum atomic E-state index is 12.8. The van der Waals surface area contributed by atoms with E-state index in [1.54, 1.807) is 17.0 Å². The van der Waals surface area contributed by atoms with E-state index in [9.17, 15) is 21.6 Å². The molecular weight excluding hydrogens is 450 g/mol. The molecule has 1 aromatic carbocycles. The average Bonchev–Trinajstić information content (AvgIpc) is 3.07. The SMILES string of the molecule is CCCN(CC(=O)N1CCN(S(=O)(=O)c2ccc(Cl)cc2)CC1)C1CCS(=O)(=O)C1. The van der Waals surface area contributed by atoms with Crippen LogP contribution in [0.3, 0.4) is 0 Å². The molecule has 1 amide bonds. The molecule has 168 valence electrons. The molecule has 0 spiro atoms. The van der Waals surface area contributed by atoms with Gasteiger partial charge >= 0.3 is 0 Å². The van der Waals surface area contributed by atoms with Gasteiger partial charge in [0.2, 0.25) is 15.9 Å². The summed E-state index contributed by atoms with van der Waals surface area (Å²) in [5, 5.41) is 0.469. The number of rotatable bonds is 7. The van der Waals surface area contributed by atoms with Crippen LogP contribution in [0.1, 0.15) is 19.8 Å². The van der Waals surface area contributed by atoms with E-state index in [0.29, 0.717) is 31.1 Å². The molecule has 2 saturated heterocycles. The Labute approximate surface area is 183 Å². The van der Waals surface area contributed by atoms with Gasteiger partial charge in [0.1, 0.15) is 0 Å². The maximum absolute atomic E-state index is 12.8. The number of carbonyl (C=O) groups is 1. The van der Waals surface area contributed by atoms with Gasteiger partial charge in [-0.3, -0.25) is 9.69 Å². The van der Waals surface area contributed by atoms with Gasteiger partial charge < -0.3 is 4.90 Å². The fraction of sp³-hybridized carbons (Fsp3) is 0.632. The van der Waals surface area contributed by atoms with E-state index in [2.05, 4.69) is 0 Å². The molecule has 0 bridgehead atoms. The van der Waals surface area contributed by atoms with Crippen molar-refractivity contribution in [2.75, 3.05) is 50.8 Å². The third-order valence-corrected chi connectivity index (χ3v) is 9.53. The number of nitrogens with zero attached hydrogens (tertiary/aromatic N) is 3. The quantitative estimate of drug-likeness (QED) is 0.583. The molecule has 0 aromatic heterocycles. The minimum Gasteiger partial charge on any atom is -0.339 e. The van der Waals surface area contributed by atoms with Crippen LogP contribution in [0.15, 0.2) is 29.2 Å². The van der Waals surface area contributed by atoms with Gasteiger partial charge in [-0.05, 0) is 43.7 Å². The van der Waals surface area contributed by atoms with Gasteiger partial charge in [0.15, 0.2) is 9.84 Å². The number of sulfone groups is 1. The zero-order valence-electron chi connectivity index (χ0n) is 17.0. The van der Waals surface area contributed by atoms with Gasteiger partial charge in [-0.2, -0.15) is 4.31 Å². The number of halogens is 1. The molecule has 0 aliphatic carbocycles. The molecule has 8 nitrogen and oxygen atoms in total. The summed E-state index contributed by atoms with van der Waals surface area (Å²) in [5.74, 6) is 0.192. The molecule has 1 atom stereocenters. The average molecular weight is 478 g/mol. The molecule has 2 fully saturated rings. The molecule has 2 aliphatic heterocycles. The third kappa shape index (κ3) is 5.53. The fourth-order valence-electron chi connectivity index (χ4n) is 3.95. The standard InChI is InChI=1S/C19H28ClN3O5S2/c1-2-8-22(17-7-13-29(25,26)15-17)14-19(24)21-9-11-23(12-10-21)30(27,28)18-5-3-16(20)4-6-18/h3-6,17H,2,7-15H2,1H3. The highest BCUT2D eigenvalue weighted by atomic mass is 35.5. The lowest BCUT2D eigenvalue weighted by Crippen LogP contribution is -2.53. The number of hydrogen-bond donors (Lipinski definition) is 0. The first-order valence-corrected chi connectivity index (χ1v) is 13.7. The Bertz CT molecular complexity index is 958. The minimum absolute atomic E-state index is 0.0868. The summed E-state index contributed by atoms with van der Waals surface area (Å²) in [6.07, 6.45) is 1.39. The van der Waals surface area contributed by atoms with Crippen LogP contribution >= 0.6 is 11.6 Å². The summed E-state index contributed by atoms with van der Waals surface area (Å²) in [5.41, 5.74) is 0. The zero-order valence-corrected chi connectivity index (χ0v) is 19.4. The summed E-state index contributed by atoms with van der Waals surface area (Å²) in [6, 6.07) is 5.92. The van der Waals surface area contributed by atoms with Crippen LogP contribution in [0.2, 0.25) is 5.02 Å². The van der Waals surface area contributed by atoms with Crippen LogP contribution in [0, 0.1) is 0 Å². The van der Waals surface area contributed by atoms with Gasteiger partial charge in [-0.1, -0.05) is 18.5 Å². The van der Waals surface area contributed by atoms with Crippen LogP contribution in [0.25, 0.3) is 0 Å². The van der Waals surface area contributed by atoms with Crippen molar-refractivity contribution in [1.82, 2.24) is 14.1 Å². The fourth-order valence-corrected chi connectivity index (χ4v) is 7.26. The number of carbonyl (C=O) groups excluding carboxylic acids is 1. The molecule has 0 radical (unpaired) electrons. The van der Waals surface area contributed by atoms with Crippen molar-refractivity contribution < 1.29 is 21.6 Å². The maximum Gasteiger partial charge on any atom is 0.243 e. The molecule has 1 aromatic rings. The number of sulfonamides is 1. The highest BCUT2D eigenvalue weighted by Gasteiger charge is 2.35. The van der Waals surface area contributed by atoms with Gasteiger partial charge in [0.25, 0.3) is 0 Å². The Morgan fingerprint density at radius 1 is 1.17 bits per heavy atom. The molecule has 11 heteroatoms. The van der Waals surface area contributed by atoms with E-state index < -0.39 is 19.9 Å². The van der Waals surface area contributed by atoms with Crippen molar-refractivity contribution in [3.8, 4) is 0 Å². The Morgan fingerprint density at radius 2 is 1.80 bits per heavy atom. The summed E-state index contributed by atoms with van der Waals surface area (Å²) >= 11 is 5.84. The molecule has 3 rings (SSSR count). The van der Waals surface area contributed by atoms with Gasteiger partial charge in [-0.25, -0.2) is 16.8 Å². The summed E-state index contributed by atoms with van der Waals surface area (Å²) in [7, 11) is -6.65. The second kappa shape index (κ2) is 9.52. The van der Waals surface area contributed by atoms with Crippen LogP contribution in [-0.2, 0) is 24.7 Å². The lowest BCUT2D eigenvalue weighted by atomic mass is 10.2. The summed E-state index contributed by atoms with van der Waals surface area (Å²) < 4.78 is 50.6. The van der Waals surface area contributed by atoms with Gasteiger partial charge in [0.05, 0.1) is 22.9 Å². The van der Waals surface area contributed by atoms with E-state index in [1.807, 2.05) is 11.8 Å². The van der Waals surface area contributed by atoms with E-state index in [1.165, 1.54) is 16.4 Å². The first kappa shape index (κ1) is 23.5. The Hall–Kier alpha value is -1.20. The van der Waals surface area contributed by atoms with Crippen molar-refractivity contribution in [3.63, 3.8) is 0 Å². The Balaban J connectivity index is 1.58. The molecule has 30 heavy (non-hydrogen) atoms. The second-order valence-electron chi connectivity index (χ2n) is 7.77. The first-order valence-electron chi connectivity index (χ1n) is 10.1. The minimum atomic E-state index is -3.63. The number of amides is 1. The van der Waals surface area contributed by atoms with Crippen LogP contribution in [0.5, 0.6) is 0 Å². The highest BCUT2D eigenvalue weighted by molar-refractivity contribution is 7.91. The van der Waals surface area contributed by atoms with E-state index >= 15 is 0 Å². The molecule has 2 heterocycles. The number of benzene rings is 1. The third-order valence-electron chi connectivity index (χ3n) is 5.62. The van der Waals surface area contributed by atoms with E-state index in [-0.39, 0.29) is 48.0 Å². The zero-order chi connectivity index (χ0) is 21.9. The smallest absolute Gasteiger partial charge is 0.243 e. The normalized spacial score (nSPS) is 22.5. The predicted octanol–water partition coefficient (Wildman–Crippen LogP) is 1.07. The monoisotopic (exact) mass is 477 g/mol. The molecule has 2 aliphatic rings. The molecule has 1 unspecified atom stereocenters. The van der Waals surface area contributed by atoms with Crippen molar-refractivity contribution in [1.29, 1.82) is 0 Å². The van der Waals surface area contributed by atoms with Crippen molar-refractivity contribution in [2.45, 2.75) is 30.7 Å². The molecule has 0 saturated carbocycles. The van der Waals surface area contributed by atoms with Crippen molar-refractivity contribution >= 4 is 37.4 Å². The second-order valence-corrected chi connectivity index (χ2v) is 12.4. The summed E-state index contributed by atoms with van der Waals surface area (Å²) in [4.78, 5) is 16.6. The van der Waals surface area contributed by atoms with E-state index in [4.69, 9.17) is 11.6 Å². The van der Waals surface area contributed by atoms with Crippen LogP contribution in [0.4, 0.5) is 0 Å². The lowest BCUT2D eigenvalue weighted by Gasteiger charge is -2.36. The topological polar surface area (TPSA) is 95.1 Å². The number of piperazine rings is 1. The van der Waals surface area contributed by atoms with Crippen LogP contribution < -0.4 is 0 Å². The molecule has 0 N–H and O–H groups in total. The van der Waals surface area contributed by atoms with Gasteiger partial charge in [0, 0.05) is 37.2 Å². The van der Waals surface area contributed by atoms with Gasteiger partial charge in [-0.15, -0.1) is 0 Å². The van der Waals surface area contributed by atoms with Crippen molar-refractivity contribution in [3.05, 3.63) is 29.3 Å². The lowest BCUT2D eigenvalue weighted by molar-refractivity contribution is -0.134. The first-order chi connectivity index (χ1) is 14.1. The Kier molecular flexibility index (Phi) is 7.44. The molecular formula is C19H28ClN3O5S2.